The number of hydrogen-bond donors (Lipinski definition) is 2. The summed E-state index contributed by atoms with van der Waals surface area (Å²) in [6.07, 6.45) is 0. The van der Waals surface area contributed by atoms with E-state index < -0.39 is 0 Å². The highest BCUT2D eigenvalue weighted by molar-refractivity contribution is 5.97. The maximum absolute atomic E-state index is 12.2. The first-order chi connectivity index (χ1) is 8.87. The molecule has 0 spiro atoms. The lowest BCUT2D eigenvalue weighted by molar-refractivity contribution is 0.0272. The van der Waals surface area contributed by atoms with Crippen molar-refractivity contribution in [2.24, 2.45) is 11.7 Å². The summed E-state index contributed by atoms with van der Waals surface area (Å²) in [6, 6.07) is 4.67. The number of nitrogens with zero attached hydrogens (tertiary/aromatic N) is 1. The first-order valence-corrected chi connectivity index (χ1v) is 6.32. The number of phenols is 1. The number of phenolic OH excluding ortho intramolecular Hbond substituents is 1. The van der Waals surface area contributed by atoms with Gasteiger partial charge in [0.15, 0.2) is 0 Å². The van der Waals surface area contributed by atoms with Gasteiger partial charge in [0.25, 0.3) is 5.91 Å². The van der Waals surface area contributed by atoms with Crippen molar-refractivity contribution in [1.29, 1.82) is 0 Å². The van der Waals surface area contributed by atoms with Gasteiger partial charge in [-0.25, -0.2) is 0 Å². The molecule has 5 nitrogen and oxygen atoms in total. The number of aromatic hydroxyl groups is 1. The molecule has 19 heavy (non-hydrogen) atoms. The van der Waals surface area contributed by atoms with Crippen LogP contribution in [-0.2, 0) is 0 Å². The lowest BCUT2D eigenvalue weighted by atomic mass is 9.80. The van der Waals surface area contributed by atoms with Gasteiger partial charge in [-0.2, -0.15) is 0 Å². The number of ether oxygens (including phenoxy) is 1. The Hall–Kier alpha value is -1.75. The molecule has 1 aliphatic heterocycles. The van der Waals surface area contributed by atoms with Gasteiger partial charge in [-0.15, -0.1) is 0 Å². The van der Waals surface area contributed by atoms with Gasteiger partial charge >= 0.3 is 0 Å². The monoisotopic (exact) mass is 264 g/mol. The minimum absolute atomic E-state index is 0.0663. The molecule has 2 rings (SSSR count). The van der Waals surface area contributed by atoms with Crippen LogP contribution in [0, 0.1) is 5.92 Å². The molecule has 1 saturated heterocycles. The summed E-state index contributed by atoms with van der Waals surface area (Å²) in [6.45, 7) is 5.14. The largest absolute Gasteiger partial charge is 0.507 e. The average molecular weight is 264 g/mol. The van der Waals surface area contributed by atoms with E-state index in [4.69, 9.17) is 10.5 Å². The van der Waals surface area contributed by atoms with Crippen molar-refractivity contribution in [3.63, 3.8) is 0 Å². The second-order valence-corrected chi connectivity index (χ2v) is 5.43. The summed E-state index contributed by atoms with van der Waals surface area (Å²) in [4.78, 5) is 13.9. The Kier molecular flexibility index (Phi) is 3.41. The summed E-state index contributed by atoms with van der Waals surface area (Å²) in [5.74, 6) is 0.583. The molecule has 3 N–H and O–H groups in total. The number of amides is 1. The molecule has 1 amide bonds. The summed E-state index contributed by atoms with van der Waals surface area (Å²) in [7, 11) is 1.51. The average Bonchev–Trinajstić information content (AvgIpc) is 2.33. The number of rotatable bonds is 3. The third kappa shape index (κ3) is 2.38. The molecule has 1 heterocycles. The van der Waals surface area contributed by atoms with E-state index in [1.807, 2.05) is 13.8 Å². The van der Waals surface area contributed by atoms with Gasteiger partial charge in [0.1, 0.15) is 11.5 Å². The maximum Gasteiger partial charge on any atom is 0.257 e. The Labute approximate surface area is 113 Å². The van der Waals surface area contributed by atoms with Crippen LogP contribution in [0.4, 0.5) is 0 Å². The highest BCUT2D eigenvalue weighted by atomic mass is 16.5. The molecule has 104 valence electrons. The van der Waals surface area contributed by atoms with E-state index in [9.17, 15) is 9.90 Å². The van der Waals surface area contributed by atoms with E-state index in [0.29, 0.717) is 24.8 Å². The van der Waals surface area contributed by atoms with Gasteiger partial charge in [0, 0.05) is 19.2 Å². The van der Waals surface area contributed by atoms with Gasteiger partial charge in [-0.3, -0.25) is 4.79 Å². The molecule has 5 heteroatoms. The Bertz CT molecular complexity index is 493. The van der Waals surface area contributed by atoms with Gasteiger partial charge in [-0.1, -0.05) is 13.8 Å². The predicted molar refractivity (Wildman–Crippen MR) is 72.3 cm³/mol. The Morgan fingerprint density at radius 2 is 2.11 bits per heavy atom. The molecule has 0 unspecified atom stereocenters. The van der Waals surface area contributed by atoms with Crippen LogP contribution in [0.15, 0.2) is 18.2 Å². The van der Waals surface area contributed by atoms with Crippen LogP contribution >= 0.6 is 0 Å². The van der Waals surface area contributed by atoms with Crippen molar-refractivity contribution in [3.8, 4) is 11.5 Å². The molecule has 1 aliphatic rings. The Balaban J connectivity index is 2.10. The lowest BCUT2D eigenvalue weighted by Gasteiger charge is -2.50. The van der Waals surface area contributed by atoms with Crippen LogP contribution in [0.5, 0.6) is 11.5 Å². The summed E-state index contributed by atoms with van der Waals surface area (Å²) in [5.41, 5.74) is 6.14. The fourth-order valence-electron chi connectivity index (χ4n) is 2.16. The third-order valence-corrected chi connectivity index (χ3v) is 3.84. The topological polar surface area (TPSA) is 75.8 Å². The number of likely N-dealkylation sites (tertiary alicyclic amines) is 1. The van der Waals surface area contributed by atoms with Gasteiger partial charge < -0.3 is 20.5 Å². The van der Waals surface area contributed by atoms with E-state index in [1.54, 1.807) is 17.0 Å². The molecule has 0 saturated carbocycles. The number of carbonyl (C=O) groups excluding carboxylic acids is 1. The number of benzene rings is 1. The fraction of sp³-hybridized carbons (Fsp3) is 0.500. The normalized spacial score (nSPS) is 17.2. The minimum Gasteiger partial charge on any atom is -0.507 e. The van der Waals surface area contributed by atoms with Gasteiger partial charge in [-0.05, 0) is 18.1 Å². The standard InChI is InChI=1S/C14H20N2O3/c1-9(2)14(15)7-16(8-14)13(18)11-5-4-10(19-3)6-12(11)17/h4-6,9,17H,7-8,15H2,1-3H3. The van der Waals surface area contributed by atoms with E-state index in [0.717, 1.165) is 0 Å². The van der Waals surface area contributed by atoms with Crippen molar-refractivity contribution in [2.75, 3.05) is 20.2 Å². The van der Waals surface area contributed by atoms with Crippen LogP contribution in [0.1, 0.15) is 24.2 Å². The highest BCUT2D eigenvalue weighted by Crippen LogP contribution is 2.30. The molecule has 0 aromatic heterocycles. The van der Waals surface area contributed by atoms with Crippen molar-refractivity contribution in [3.05, 3.63) is 23.8 Å². The minimum atomic E-state index is -0.308. The zero-order chi connectivity index (χ0) is 14.2. The van der Waals surface area contributed by atoms with Gasteiger partial charge in [0.05, 0.1) is 18.2 Å². The molecule has 1 aromatic carbocycles. The molecule has 1 fully saturated rings. The van der Waals surface area contributed by atoms with E-state index in [1.165, 1.54) is 13.2 Å². The lowest BCUT2D eigenvalue weighted by Crippen LogP contribution is -2.71. The second-order valence-electron chi connectivity index (χ2n) is 5.43. The maximum atomic E-state index is 12.2. The van der Waals surface area contributed by atoms with Crippen LogP contribution in [0.2, 0.25) is 0 Å². The number of hydrogen-bond acceptors (Lipinski definition) is 4. The van der Waals surface area contributed by atoms with Crippen molar-refractivity contribution < 1.29 is 14.6 Å². The molecule has 0 radical (unpaired) electrons. The highest BCUT2D eigenvalue weighted by Gasteiger charge is 2.44. The van der Waals surface area contributed by atoms with Gasteiger partial charge in [0.2, 0.25) is 0 Å². The quantitative estimate of drug-likeness (QED) is 0.860. The zero-order valence-electron chi connectivity index (χ0n) is 11.5. The predicted octanol–water partition coefficient (Wildman–Crippen LogP) is 1.21. The molecule has 0 atom stereocenters. The van der Waals surface area contributed by atoms with E-state index in [-0.39, 0.29) is 22.8 Å². The number of methoxy groups -OCH3 is 1. The smallest absolute Gasteiger partial charge is 0.257 e. The Morgan fingerprint density at radius 1 is 1.47 bits per heavy atom. The molecule has 0 aliphatic carbocycles. The molecule has 1 aromatic rings. The second kappa shape index (κ2) is 4.74. The fourth-order valence-corrected chi connectivity index (χ4v) is 2.16. The van der Waals surface area contributed by atoms with Crippen LogP contribution in [0.25, 0.3) is 0 Å². The Morgan fingerprint density at radius 3 is 2.58 bits per heavy atom. The van der Waals surface area contributed by atoms with Crippen molar-refractivity contribution in [2.45, 2.75) is 19.4 Å². The third-order valence-electron chi connectivity index (χ3n) is 3.84. The molecular formula is C14H20N2O3. The van der Waals surface area contributed by atoms with E-state index in [2.05, 4.69) is 0 Å². The first-order valence-electron chi connectivity index (χ1n) is 6.32. The van der Waals surface area contributed by atoms with Crippen LogP contribution in [-0.4, -0.2) is 41.7 Å². The molecular weight excluding hydrogens is 244 g/mol. The zero-order valence-corrected chi connectivity index (χ0v) is 11.5. The number of nitrogens with two attached hydrogens (primary N) is 1. The van der Waals surface area contributed by atoms with Crippen molar-refractivity contribution in [1.82, 2.24) is 4.90 Å². The first kappa shape index (κ1) is 13.7. The summed E-state index contributed by atoms with van der Waals surface area (Å²) < 4.78 is 4.99. The van der Waals surface area contributed by atoms with Crippen LogP contribution < -0.4 is 10.5 Å². The van der Waals surface area contributed by atoms with Crippen molar-refractivity contribution >= 4 is 5.91 Å². The summed E-state index contributed by atoms with van der Waals surface area (Å²) >= 11 is 0. The van der Waals surface area contributed by atoms with E-state index >= 15 is 0 Å². The number of carbonyl (C=O) groups is 1. The molecule has 0 bridgehead atoms. The SMILES string of the molecule is COc1ccc(C(=O)N2CC(N)(C(C)C)C2)c(O)c1. The summed E-state index contributed by atoms with van der Waals surface area (Å²) in [5, 5.41) is 9.84. The van der Waals surface area contributed by atoms with Crippen LogP contribution in [0.3, 0.4) is 0 Å².